The van der Waals surface area contributed by atoms with Crippen LogP contribution in [0, 0.1) is 13.8 Å². The minimum atomic E-state index is 0.505. The molecule has 0 atom stereocenters. The molecule has 9 heteroatoms. The summed E-state index contributed by atoms with van der Waals surface area (Å²) in [5.41, 5.74) is 1.13. The topological polar surface area (TPSA) is 80.0 Å². The fraction of sp³-hybridized carbons (Fsp3) is 0.625. The molecule has 0 saturated heterocycles. The molecular formula is C16H27N7S2. The van der Waals surface area contributed by atoms with Crippen LogP contribution in [0.25, 0.3) is 0 Å². The number of aliphatic imine (C=N–C) groups is 1. The quantitative estimate of drug-likeness (QED) is 0.392. The first kappa shape index (κ1) is 19.7. The number of hydrogen-bond acceptors (Lipinski definition) is 6. The summed E-state index contributed by atoms with van der Waals surface area (Å²) < 4.78 is 1.97. The lowest BCUT2D eigenvalue weighted by molar-refractivity contribution is 0.740. The second kappa shape index (κ2) is 10.4. The van der Waals surface area contributed by atoms with Gasteiger partial charge in [-0.3, -0.25) is 0 Å². The van der Waals surface area contributed by atoms with Gasteiger partial charge in [0.05, 0.1) is 10.7 Å². The van der Waals surface area contributed by atoms with Crippen molar-refractivity contribution in [1.82, 2.24) is 30.4 Å². The Morgan fingerprint density at radius 2 is 2.08 bits per heavy atom. The van der Waals surface area contributed by atoms with Gasteiger partial charge in [-0.05, 0) is 32.3 Å². The molecule has 25 heavy (non-hydrogen) atoms. The second-order valence-corrected chi connectivity index (χ2v) is 7.74. The Bertz CT molecular complexity index is 678. The van der Waals surface area contributed by atoms with Gasteiger partial charge in [-0.2, -0.15) is 11.8 Å². The number of aromatic nitrogens is 4. The lowest BCUT2D eigenvalue weighted by Gasteiger charge is -2.12. The van der Waals surface area contributed by atoms with Crippen LogP contribution in [0.15, 0.2) is 10.4 Å². The second-order valence-electron chi connectivity index (χ2n) is 5.70. The van der Waals surface area contributed by atoms with Crippen LogP contribution in [0.3, 0.4) is 0 Å². The standard InChI is InChI=1S/C16H27N7S2/c1-12-21-22-15(23(12)3)10-19-16(17-7-5-9-24-4)18-8-6-14-11-25-13(2)20-14/h11H,5-10H2,1-4H3,(H2,17,18,19). The zero-order valence-corrected chi connectivity index (χ0v) is 17.0. The van der Waals surface area contributed by atoms with Crippen LogP contribution < -0.4 is 10.6 Å². The molecule has 0 aromatic carbocycles. The van der Waals surface area contributed by atoms with E-state index in [2.05, 4.69) is 42.4 Å². The van der Waals surface area contributed by atoms with E-state index in [-0.39, 0.29) is 0 Å². The molecule has 7 nitrogen and oxygen atoms in total. The van der Waals surface area contributed by atoms with Crippen LogP contribution in [0.2, 0.25) is 0 Å². The molecule has 0 aliphatic rings. The maximum atomic E-state index is 4.65. The van der Waals surface area contributed by atoms with Crippen molar-refractivity contribution in [2.45, 2.75) is 33.2 Å². The van der Waals surface area contributed by atoms with E-state index in [0.29, 0.717) is 6.54 Å². The van der Waals surface area contributed by atoms with Crippen molar-refractivity contribution in [3.05, 3.63) is 27.7 Å². The van der Waals surface area contributed by atoms with E-state index in [0.717, 1.165) is 60.0 Å². The molecule has 2 heterocycles. The van der Waals surface area contributed by atoms with Gasteiger partial charge in [0, 0.05) is 31.9 Å². The van der Waals surface area contributed by atoms with Gasteiger partial charge in [-0.25, -0.2) is 9.98 Å². The SMILES string of the molecule is CSCCCNC(=NCc1nnc(C)n1C)NCCc1csc(C)n1. The number of nitrogens with zero attached hydrogens (tertiary/aromatic N) is 5. The first-order valence-corrected chi connectivity index (χ1v) is 10.6. The van der Waals surface area contributed by atoms with Crippen molar-refractivity contribution in [2.24, 2.45) is 12.0 Å². The third kappa shape index (κ3) is 6.66. The minimum absolute atomic E-state index is 0.505. The van der Waals surface area contributed by atoms with Crippen LogP contribution in [-0.2, 0) is 20.0 Å². The van der Waals surface area contributed by atoms with E-state index in [1.807, 2.05) is 37.2 Å². The Labute approximate surface area is 157 Å². The van der Waals surface area contributed by atoms with Gasteiger partial charge in [-0.15, -0.1) is 21.5 Å². The van der Waals surface area contributed by atoms with E-state index in [1.54, 1.807) is 11.3 Å². The van der Waals surface area contributed by atoms with E-state index in [9.17, 15) is 0 Å². The number of thioether (sulfide) groups is 1. The summed E-state index contributed by atoms with van der Waals surface area (Å²) in [4.78, 5) is 9.14. The zero-order valence-electron chi connectivity index (χ0n) is 15.4. The van der Waals surface area contributed by atoms with Crippen molar-refractivity contribution in [2.75, 3.05) is 25.1 Å². The number of guanidine groups is 1. The van der Waals surface area contributed by atoms with Gasteiger partial charge in [0.2, 0.25) is 0 Å². The van der Waals surface area contributed by atoms with Gasteiger partial charge in [0.1, 0.15) is 12.4 Å². The average Bonchev–Trinajstić information content (AvgIpc) is 3.15. The number of rotatable bonds is 9. The third-order valence-corrected chi connectivity index (χ3v) is 5.24. The Morgan fingerprint density at radius 3 is 2.72 bits per heavy atom. The van der Waals surface area contributed by atoms with Gasteiger partial charge in [0.25, 0.3) is 0 Å². The summed E-state index contributed by atoms with van der Waals surface area (Å²) in [6, 6.07) is 0. The van der Waals surface area contributed by atoms with Gasteiger partial charge in [0.15, 0.2) is 11.8 Å². The number of aryl methyl sites for hydroxylation is 2. The molecular weight excluding hydrogens is 354 g/mol. The van der Waals surface area contributed by atoms with Crippen LogP contribution in [0.1, 0.15) is 28.8 Å². The number of nitrogens with one attached hydrogen (secondary N) is 2. The van der Waals surface area contributed by atoms with Crippen LogP contribution >= 0.6 is 23.1 Å². The first-order valence-electron chi connectivity index (χ1n) is 8.37. The van der Waals surface area contributed by atoms with Gasteiger partial charge < -0.3 is 15.2 Å². The van der Waals surface area contributed by atoms with Gasteiger partial charge in [-0.1, -0.05) is 0 Å². The highest BCUT2D eigenvalue weighted by atomic mass is 32.2. The van der Waals surface area contributed by atoms with E-state index < -0.39 is 0 Å². The monoisotopic (exact) mass is 381 g/mol. The summed E-state index contributed by atoms with van der Waals surface area (Å²) in [6.45, 7) is 6.18. The molecule has 0 bridgehead atoms. The number of hydrogen-bond donors (Lipinski definition) is 2. The van der Waals surface area contributed by atoms with E-state index in [1.165, 1.54) is 0 Å². The maximum Gasteiger partial charge on any atom is 0.191 e. The molecule has 0 aliphatic carbocycles. The molecule has 2 N–H and O–H groups in total. The summed E-state index contributed by atoms with van der Waals surface area (Å²) >= 11 is 3.55. The molecule has 2 aromatic heterocycles. The Balaban J connectivity index is 1.88. The maximum absolute atomic E-state index is 4.65. The normalized spacial score (nSPS) is 11.8. The Kier molecular flexibility index (Phi) is 8.20. The number of thiazole rings is 1. The predicted molar refractivity (Wildman–Crippen MR) is 106 cm³/mol. The fourth-order valence-corrected chi connectivity index (χ4v) is 3.25. The molecule has 0 spiro atoms. The Morgan fingerprint density at radius 1 is 1.28 bits per heavy atom. The lowest BCUT2D eigenvalue weighted by atomic mass is 10.3. The van der Waals surface area contributed by atoms with E-state index >= 15 is 0 Å². The zero-order chi connectivity index (χ0) is 18.1. The van der Waals surface area contributed by atoms with Gasteiger partial charge >= 0.3 is 0 Å². The third-order valence-electron chi connectivity index (χ3n) is 3.72. The van der Waals surface area contributed by atoms with Crippen LogP contribution in [-0.4, -0.2) is 50.8 Å². The molecule has 0 saturated carbocycles. The van der Waals surface area contributed by atoms with Crippen LogP contribution in [0.5, 0.6) is 0 Å². The fourth-order valence-electron chi connectivity index (χ4n) is 2.17. The molecule has 2 aromatic rings. The first-order chi connectivity index (χ1) is 12.1. The molecule has 0 unspecified atom stereocenters. The van der Waals surface area contributed by atoms with Crippen molar-refractivity contribution in [1.29, 1.82) is 0 Å². The smallest absolute Gasteiger partial charge is 0.191 e. The average molecular weight is 382 g/mol. The summed E-state index contributed by atoms with van der Waals surface area (Å²) in [5.74, 6) is 3.71. The highest BCUT2D eigenvalue weighted by Crippen LogP contribution is 2.07. The summed E-state index contributed by atoms with van der Waals surface area (Å²) in [7, 11) is 1.96. The van der Waals surface area contributed by atoms with Crippen molar-refractivity contribution >= 4 is 29.1 Å². The molecule has 0 amide bonds. The van der Waals surface area contributed by atoms with Crippen molar-refractivity contribution < 1.29 is 0 Å². The molecule has 0 aliphatic heterocycles. The van der Waals surface area contributed by atoms with Crippen molar-refractivity contribution in [3.8, 4) is 0 Å². The minimum Gasteiger partial charge on any atom is -0.356 e. The summed E-state index contributed by atoms with van der Waals surface area (Å²) in [6.07, 6.45) is 4.12. The van der Waals surface area contributed by atoms with Crippen LogP contribution in [0.4, 0.5) is 0 Å². The molecule has 0 fully saturated rings. The highest BCUT2D eigenvalue weighted by molar-refractivity contribution is 7.98. The highest BCUT2D eigenvalue weighted by Gasteiger charge is 2.05. The molecule has 2 rings (SSSR count). The van der Waals surface area contributed by atoms with E-state index in [4.69, 9.17) is 0 Å². The predicted octanol–water partition coefficient (Wildman–Crippen LogP) is 1.92. The Hall–Kier alpha value is -1.61. The van der Waals surface area contributed by atoms with Crippen molar-refractivity contribution in [3.63, 3.8) is 0 Å². The largest absolute Gasteiger partial charge is 0.356 e. The molecule has 138 valence electrons. The molecule has 0 radical (unpaired) electrons. The summed E-state index contributed by atoms with van der Waals surface area (Å²) in [5, 5.41) is 18.2. The lowest BCUT2D eigenvalue weighted by Crippen LogP contribution is -2.39.